The van der Waals surface area contributed by atoms with Gasteiger partial charge in [0.2, 0.25) is 0 Å². The number of carbonyl (C=O) groups is 1. The third-order valence-electron chi connectivity index (χ3n) is 9.20. The number of imidazole rings is 1. The smallest absolute Gasteiger partial charge is 0.162 e. The molecular formula is C43H39Cl2N3O3. The molecule has 0 amide bonds. The molecular weight excluding hydrogens is 677 g/mol. The quantitative estimate of drug-likeness (QED) is 0.0845. The summed E-state index contributed by atoms with van der Waals surface area (Å²) in [6.45, 7) is 3.07. The number of nitrogens with two attached hydrogens (primary N) is 1. The fourth-order valence-corrected chi connectivity index (χ4v) is 6.91. The van der Waals surface area contributed by atoms with Crippen LogP contribution in [-0.2, 0) is 22.4 Å². The molecule has 0 saturated heterocycles. The first-order valence-electron chi connectivity index (χ1n) is 17.3. The van der Waals surface area contributed by atoms with Crippen molar-refractivity contribution in [1.29, 1.82) is 0 Å². The molecule has 0 bridgehead atoms. The number of hydrogen-bond acceptors (Lipinski definition) is 5. The standard InChI is InChI=1S/C43H39Cl2N3O3/c44-36-17-13-31(14-18-36)41-42(32-15-19-37(45)20-16-32)48(43(47-41)35-12-11-34-26-33-4-1-2-5-38(33)39(34)27-35)28-29-7-9-30(10-8-29)40(49)6-3-22-50-24-25-51-23-21-46/h1-2,4-5,7-20,27H,3,6,21-26,28,46H2. The second-order valence-electron chi connectivity index (χ2n) is 12.7. The van der Waals surface area contributed by atoms with Gasteiger partial charge in [-0.3, -0.25) is 4.79 Å². The number of carbonyl (C=O) groups excluding carboxylic acids is 1. The highest BCUT2D eigenvalue weighted by atomic mass is 35.5. The second kappa shape index (κ2) is 16.2. The summed E-state index contributed by atoms with van der Waals surface area (Å²) >= 11 is 12.7. The van der Waals surface area contributed by atoms with Gasteiger partial charge in [0, 0.05) is 58.4 Å². The molecule has 0 atom stereocenters. The monoisotopic (exact) mass is 715 g/mol. The van der Waals surface area contributed by atoms with E-state index in [1.54, 1.807) is 0 Å². The number of benzene rings is 5. The summed E-state index contributed by atoms with van der Waals surface area (Å²) in [6, 6.07) is 38.9. The van der Waals surface area contributed by atoms with E-state index in [1.165, 1.54) is 22.3 Å². The highest BCUT2D eigenvalue weighted by Gasteiger charge is 2.24. The van der Waals surface area contributed by atoms with E-state index < -0.39 is 0 Å². The number of fused-ring (bicyclic) bond motifs is 3. The molecule has 7 rings (SSSR count). The third kappa shape index (κ3) is 8.01. The highest BCUT2D eigenvalue weighted by Crippen LogP contribution is 2.42. The molecule has 0 saturated carbocycles. The molecule has 8 heteroatoms. The Balaban J connectivity index is 1.23. The fraction of sp³-hybridized carbons (Fsp3) is 0.209. The average molecular weight is 717 g/mol. The Bertz CT molecular complexity index is 2120. The summed E-state index contributed by atoms with van der Waals surface area (Å²) in [5, 5.41) is 1.33. The predicted molar refractivity (Wildman–Crippen MR) is 207 cm³/mol. The zero-order valence-corrected chi connectivity index (χ0v) is 29.8. The second-order valence-corrected chi connectivity index (χ2v) is 13.5. The summed E-state index contributed by atoms with van der Waals surface area (Å²) < 4.78 is 13.2. The van der Waals surface area contributed by atoms with Crippen molar-refractivity contribution in [2.75, 3.05) is 33.0 Å². The molecule has 1 aliphatic rings. The van der Waals surface area contributed by atoms with Crippen LogP contribution >= 0.6 is 23.2 Å². The third-order valence-corrected chi connectivity index (χ3v) is 9.71. The lowest BCUT2D eigenvalue weighted by Gasteiger charge is -2.15. The first-order valence-corrected chi connectivity index (χ1v) is 18.1. The van der Waals surface area contributed by atoms with Crippen molar-refractivity contribution in [3.63, 3.8) is 0 Å². The summed E-state index contributed by atoms with van der Waals surface area (Å²) in [5.41, 5.74) is 17.2. The predicted octanol–water partition coefficient (Wildman–Crippen LogP) is 9.77. The Kier molecular flexibility index (Phi) is 11.1. The number of rotatable bonds is 15. The van der Waals surface area contributed by atoms with Crippen LogP contribution in [0.15, 0.2) is 115 Å². The van der Waals surface area contributed by atoms with Gasteiger partial charge in [0.05, 0.1) is 31.2 Å². The largest absolute Gasteiger partial charge is 0.379 e. The van der Waals surface area contributed by atoms with Gasteiger partial charge in [-0.15, -0.1) is 0 Å². The van der Waals surface area contributed by atoms with Gasteiger partial charge in [0.25, 0.3) is 0 Å². The lowest BCUT2D eigenvalue weighted by molar-refractivity contribution is 0.0489. The molecule has 0 unspecified atom stereocenters. The van der Waals surface area contributed by atoms with E-state index in [0.29, 0.717) is 68.0 Å². The van der Waals surface area contributed by atoms with Gasteiger partial charge in [0.15, 0.2) is 5.78 Å². The van der Waals surface area contributed by atoms with Gasteiger partial charge < -0.3 is 19.8 Å². The maximum Gasteiger partial charge on any atom is 0.162 e. The molecule has 0 fully saturated rings. The Morgan fingerprint density at radius 3 is 2.08 bits per heavy atom. The lowest BCUT2D eigenvalue weighted by atomic mass is 10.0. The van der Waals surface area contributed by atoms with Crippen LogP contribution in [0.3, 0.4) is 0 Å². The lowest BCUT2D eigenvalue weighted by Crippen LogP contribution is -2.12. The van der Waals surface area contributed by atoms with E-state index in [9.17, 15) is 4.79 Å². The van der Waals surface area contributed by atoms with E-state index in [2.05, 4.69) is 47.0 Å². The van der Waals surface area contributed by atoms with Crippen LogP contribution in [0.25, 0.3) is 45.0 Å². The normalized spacial score (nSPS) is 11.8. The van der Waals surface area contributed by atoms with E-state index >= 15 is 0 Å². The molecule has 1 aliphatic carbocycles. The minimum atomic E-state index is 0.0955. The minimum Gasteiger partial charge on any atom is -0.379 e. The molecule has 0 radical (unpaired) electrons. The molecule has 6 nitrogen and oxygen atoms in total. The Labute approximate surface area is 308 Å². The highest BCUT2D eigenvalue weighted by molar-refractivity contribution is 6.31. The van der Waals surface area contributed by atoms with Crippen LogP contribution in [-0.4, -0.2) is 48.3 Å². The van der Waals surface area contributed by atoms with Crippen molar-refractivity contribution in [1.82, 2.24) is 9.55 Å². The summed E-state index contributed by atoms with van der Waals surface area (Å²) in [6.07, 6.45) is 1.99. The van der Waals surface area contributed by atoms with Crippen LogP contribution in [0, 0.1) is 0 Å². The SMILES string of the molecule is NCCOCCOCCCC(=O)c1ccc(Cn2c(-c3ccc4c(c3)-c3ccccc3C4)nc(-c3ccc(Cl)cc3)c2-c2ccc(Cl)cc2)cc1. The summed E-state index contributed by atoms with van der Waals surface area (Å²) in [7, 11) is 0. The average Bonchev–Trinajstić information content (AvgIpc) is 3.72. The minimum absolute atomic E-state index is 0.0955. The number of nitrogens with zero attached hydrogens (tertiary/aromatic N) is 2. The summed E-state index contributed by atoms with van der Waals surface area (Å²) in [5.74, 6) is 0.948. The maximum absolute atomic E-state index is 13.0. The number of ketones is 1. The van der Waals surface area contributed by atoms with Crippen molar-refractivity contribution in [2.24, 2.45) is 5.73 Å². The molecule has 1 heterocycles. The van der Waals surface area contributed by atoms with Crippen molar-refractivity contribution in [2.45, 2.75) is 25.8 Å². The number of hydrogen-bond donors (Lipinski definition) is 1. The van der Waals surface area contributed by atoms with Gasteiger partial charge in [-0.1, -0.05) is 108 Å². The van der Waals surface area contributed by atoms with Crippen molar-refractivity contribution in [3.05, 3.63) is 148 Å². The van der Waals surface area contributed by atoms with Crippen LogP contribution in [0.2, 0.25) is 10.0 Å². The van der Waals surface area contributed by atoms with Gasteiger partial charge in [0.1, 0.15) is 5.82 Å². The van der Waals surface area contributed by atoms with Crippen molar-refractivity contribution in [3.8, 4) is 45.0 Å². The summed E-state index contributed by atoms with van der Waals surface area (Å²) in [4.78, 5) is 18.4. The molecule has 2 N–H and O–H groups in total. The fourth-order valence-electron chi connectivity index (χ4n) is 6.66. The van der Waals surface area contributed by atoms with Gasteiger partial charge in [-0.05, 0) is 71.0 Å². The number of halogens is 2. The molecule has 258 valence electrons. The Morgan fingerprint density at radius 2 is 1.35 bits per heavy atom. The molecule has 1 aromatic heterocycles. The van der Waals surface area contributed by atoms with E-state index in [1.807, 2.05) is 72.8 Å². The van der Waals surface area contributed by atoms with Crippen LogP contribution in [0.1, 0.15) is 39.9 Å². The Morgan fingerprint density at radius 1 is 0.706 bits per heavy atom. The van der Waals surface area contributed by atoms with E-state index in [-0.39, 0.29) is 5.78 Å². The molecule has 0 spiro atoms. The zero-order chi connectivity index (χ0) is 35.2. The zero-order valence-electron chi connectivity index (χ0n) is 28.3. The Hall–Kier alpha value is -4.56. The maximum atomic E-state index is 13.0. The molecule has 51 heavy (non-hydrogen) atoms. The van der Waals surface area contributed by atoms with Crippen LogP contribution in [0.5, 0.6) is 0 Å². The first-order chi connectivity index (χ1) is 25.0. The molecule has 0 aliphatic heterocycles. The van der Waals surface area contributed by atoms with E-state index in [0.717, 1.165) is 45.9 Å². The first kappa shape index (κ1) is 34.9. The number of aromatic nitrogens is 2. The van der Waals surface area contributed by atoms with Gasteiger partial charge in [-0.25, -0.2) is 4.98 Å². The van der Waals surface area contributed by atoms with Gasteiger partial charge in [-0.2, -0.15) is 0 Å². The van der Waals surface area contributed by atoms with Crippen LogP contribution in [0.4, 0.5) is 0 Å². The number of ether oxygens (including phenoxy) is 2. The topological polar surface area (TPSA) is 79.4 Å². The van der Waals surface area contributed by atoms with Crippen LogP contribution < -0.4 is 5.73 Å². The van der Waals surface area contributed by atoms with E-state index in [4.69, 9.17) is 43.4 Å². The van der Waals surface area contributed by atoms with Crippen molar-refractivity contribution < 1.29 is 14.3 Å². The van der Waals surface area contributed by atoms with Crippen molar-refractivity contribution >= 4 is 29.0 Å². The van der Waals surface area contributed by atoms with Gasteiger partial charge >= 0.3 is 0 Å². The number of Topliss-reactive ketones (excluding diaryl/α,β-unsaturated/α-hetero) is 1. The molecule has 6 aromatic rings. The molecule has 5 aromatic carbocycles.